The van der Waals surface area contributed by atoms with Crippen LogP contribution in [0.2, 0.25) is 0 Å². The summed E-state index contributed by atoms with van der Waals surface area (Å²) in [5.74, 6) is 0. The number of rotatable bonds is 9. The van der Waals surface area contributed by atoms with Crippen molar-refractivity contribution < 1.29 is 28.6 Å². The smallest absolute Gasteiger partial charge is 0.406 e. The third-order valence-electron chi connectivity index (χ3n) is 2.15. The summed E-state index contributed by atoms with van der Waals surface area (Å²) in [6, 6.07) is 0. The molecule has 0 aromatic carbocycles. The lowest BCUT2D eigenvalue weighted by Crippen LogP contribution is -2.36. The first-order valence-corrected chi connectivity index (χ1v) is 6.87. The Morgan fingerprint density at radius 3 is 1.55 bits per heavy atom. The molecule has 130 valence electrons. The van der Waals surface area contributed by atoms with Crippen molar-refractivity contribution in [1.29, 1.82) is 0 Å². The Bertz CT molecular complexity index is 307. The maximum Gasteiger partial charge on any atom is 0.406 e. The van der Waals surface area contributed by atoms with Gasteiger partial charge in [-0.3, -0.25) is 4.90 Å². The summed E-state index contributed by atoms with van der Waals surface area (Å²) in [5.41, 5.74) is 9.67. The summed E-state index contributed by atoms with van der Waals surface area (Å²) in [6.45, 7) is 5.35. The Morgan fingerprint density at radius 1 is 0.864 bits per heavy atom. The molecule has 0 saturated carbocycles. The summed E-state index contributed by atoms with van der Waals surface area (Å²) >= 11 is 0. The highest BCUT2D eigenvalue weighted by Crippen LogP contribution is 1.91. The molecule has 3 amide bonds. The summed E-state index contributed by atoms with van der Waals surface area (Å²) in [7, 11) is 1.45. The molecule has 10 nitrogen and oxygen atoms in total. The molecule has 0 aliphatic heterocycles. The summed E-state index contributed by atoms with van der Waals surface area (Å²) in [4.78, 5) is 33.5. The second-order valence-electron chi connectivity index (χ2n) is 3.56. The van der Waals surface area contributed by atoms with Crippen molar-refractivity contribution in [3.05, 3.63) is 0 Å². The van der Waals surface area contributed by atoms with Gasteiger partial charge in [-0.2, -0.15) is 0 Å². The first-order valence-electron chi connectivity index (χ1n) is 6.87. The van der Waals surface area contributed by atoms with Crippen molar-refractivity contribution in [3.63, 3.8) is 0 Å². The van der Waals surface area contributed by atoms with Crippen LogP contribution in [0.15, 0.2) is 0 Å². The van der Waals surface area contributed by atoms with Gasteiger partial charge in [0, 0.05) is 26.7 Å². The molecule has 0 aliphatic rings. The van der Waals surface area contributed by atoms with Crippen LogP contribution in [0.25, 0.3) is 0 Å². The van der Waals surface area contributed by atoms with Crippen LogP contribution in [-0.2, 0) is 14.2 Å². The average molecular weight is 322 g/mol. The maximum atomic E-state index is 10.9. The molecule has 10 heteroatoms. The monoisotopic (exact) mass is 322 g/mol. The SMILES string of the molecule is CC.CNC(=O)OCCN(CCOC(N)=O)CCOC(N)=O. The normalized spacial score (nSPS) is 9.27. The summed E-state index contributed by atoms with van der Waals surface area (Å²) in [5, 5.41) is 2.30. The molecule has 0 aromatic rings. The third-order valence-corrected chi connectivity index (χ3v) is 2.15. The van der Waals surface area contributed by atoms with Crippen LogP contribution in [0.5, 0.6) is 0 Å². The van der Waals surface area contributed by atoms with Gasteiger partial charge in [-0.15, -0.1) is 0 Å². The Labute approximate surface area is 130 Å². The molecule has 0 aromatic heterocycles. The molecule has 0 spiro atoms. The minimum Gasteiger partial charge on any atom is -0.448 e. The zero-order valence-corrected chi connectivity index (χ0v) is 13.3. The Morgan fingerprint density at radius 2 is 1.23 bits per heavy atom. The van der Waals surface area contributed by atoms with E-state index in [1.807, 2.05) is 13.8 Å². The molecule has 0 atom stereocenters. The number of alkyl carbamates (subject to hydrolysis) is 1. The van der Waals surface area contributed by atoms with E-state index in [0.717, 1.165) is 0 Å². The van der Waals surface area contributed by atoms with E-state index in [4.69, 9.17) is 16.2 Å². The molecular formula is C12H26N4O6. The molecule has 0 rings (SSSR count). The van der Waals surface area contributed by atoms with Crippen LogP contribution in [0.3, 0.4) is 0 Å². The largest absolute Gasteiger partial charge is 0.448 e. The Balaban J connectivity index is 0. The topological polar surface area (TPSA) is 146 Å². The van der Waals surface area contributed by atoms with Gasteiger partial charge in [0.1, 0.15) is 19.8 Å². The van der Waals surface area contributed by atoms with Gasteiger partial charge in [0.2, 0.25) is 0 Å². The second kappa shape index (κ2) is 15.2. The van der Waals surface area contributed by atoms with Gasteiger partial charge in [-0.05, 0) is 0 Å². The molecule has 0 radical (unpaired) electrons. The van der Waals surface area contributed by atoms with Gasteiger partial charge in [0.25, 0.3) is 0 Å². The Hall–Kier alpha value is -2.23. The molecule has 5 N–H and O–H groups in total. The first-order chi connectivity index (χ1) is 10.5. The molecule has 0 saturated heterocycles. The molecule has 0 fully saturated rings. The molecule has 0 aliphatic carbocycles. The van der Waals surface area contributed by atoms with Gasteiger partial charge in [-0.1, -0.05) is 13.8 Å². The second-order valence-corrected chi connectivity index (χ2v) is 3.56. The van der Waals surface area contributed by atoms with E-state index in [9.17, 15) is 14.4 Å². The fraction of sp³-hybridized carbons (Fsp3) is 0.750. The lowest BCUT2D eigenvalue weighted by molar-refractivity contribution is 0.0947. The number of ether oxygens (including phenoxy) is 3. The standard InChI is InChI=1S/C10H20N4O6.C2H6/c1-13-10(17)20-7-4-14(2-5-18-8(11)15)3-6-19-9(12)16;1-2/h2-7H2,1H3,(H2,11,15)(H2,12,16)(H,13,17);1-2H3. The van der Waals surface area contributed by atoms with E-state index in [0.29, 0.717) is 19.6 Å². The minimum atomic E-state index is -0.875. The van der Waals surface area contributed by atoms with E-state index >= 15 is 0 Å². The van der Waals surface area contributed by atoms with Crippen LogP contribution < -0.4 is 16.8 Å². The number of nitrogens with zero attached hydrogens (tertiary/aromatic N) is 1. The van der Waals surface area contributed by atoms with Crippen molar-refractivity contribution in [1.82, 2.24) is 10.2 Å². The lowest BCUT2D eigenvalue weighted by atomic mass is 10.4. The lowest BCUT2D eigenvalue weighted by Gasteiger charge is -2.21. The highest BCUT2D eigenvalue weighted by Gasteiger charge is 2.08. The highest BCUT2D eigenvalue weighted by molar-refractivity contribution is 5.66. The van der Waals surface area contributed by atoms with E-state index in [-0.39, 0.29) is 19.8 Å². The molecule has 0 unspecified atom stereocenters. The van der Waals surface area contributed by atoms with Crippen molar-refractivity contribution in [2.24, 2.45) is 11.5 Å². The number of carbonyl (C=O) groups excluding carboxylic acids is 3. The zero-order chi connectivity index (χ0) is 17.4. The van der Waals surface area contributed by atoms with Crippen LogP contribution >= 0.6 is 0 Å². The summed E-state index contributed by atoms with van der Waals surface area (Å²) < 4.78 is 14.0. The van der Waals surface area contributed by atoms with Gasteiger partial charge < -0.3 is 31.0 Å². The third kappa shape index (κ3) is 15.8. The van der Waals surface area contributed by atoms with Crippen molar-refractivity contribution in [2.45, 2.75) is 13.8 Å². The molecule has 0 heterocycles. The maximum absolute atomic E-state index is 10.9. The van der Waals surface area contributed by atoms with E-state index in [1.165, 1.54) is 7.05 Å². The van der Waals surface area contributed by atoms with Crippen molar-refractivity contribution in [2.75, 3.05) is 46.5 Å². The highest BCUT2D eigenvalue weighted by atomic mass is 16.6. The quantitative estimate of drug-likeness (QED) is 0.501. The van der Waals surface area contributed by atoms with Crippen LogP contribution in [-0.4, -0.2) is 69.7 Å². The number of hydrogen-bond acceptors (Lipinski definition) is 7. The molecule has 22 heavy (non-hydrogen) atoms. The van der Waals surface area contributed by atoms with E-state index < -0.39 is 18.3 Å². The van der Waals surface area contributed by atoms with Crippen LogP contribution in [0, 0.1) is 0 Å². The van der Waals surface area contributed by atoms with Crippen LogP contribution in [0.4, 0.5) is 14.4 Å². The van der Waals surface area contributed by atoms with Gasteiger partial charge in [0.15, 0.2) is 0 Å². The number of hydrogen-bond donors (Lipinski definition) is 3. The molecular weight excluding hydrogens is 296 g/mol. The van der Waals surface area contributed by atoms with Gasteiger partial charge in [-0.25, -0.2) is 14.4 Å². The number of nitrogens with one attached hydrogen (secondary N) is 1. The fourth-order valence-electron chi connectivity index (χ4n) is 1.23. The number of primary amides is 2. The Kier molecular flexibility index (Phi) is 15.2. The number of amides is 3. The molecule has 0 bridgehead atoms. The predicted molar refractivity (Wildman–Crippen MR) is 79.3 cm³/mol. The van der Waals surface area contributed by atoms with Gasteiger partial charge in [0.05, 0.1) is 0 Å². The predicted octanol–water partition coefficient (Wildman–Crippen LogP) is -0.139. The minimum absolute atomic E-state index is 0.0753. The van der Waals surface area contributed by atoms with Gasteiger partial charge >= 0.3 is 18.3 Å². The number of nitrogens with two attached hydrogens (primary N) is 2. The van der Waals surface area contributed by atoms with E-state index in [1.54, 1.807) is 4.90 Å². The van der Waals surface area contributed by atoms with Crippen LogP contribution in [0.1, 0.15) is 13.8 Å². The zero-order valence-electron chi connectivity index (χ0n) is 13.3. The van der Waals surface area contributed by atoms with Crippen molar-refractivity contribution >= 4 is 18.3 Å². The summed E-state index contributed by atoms with van der Waals surface area (Å²) in [6.07, 6.45) is -2.30. The fourth-order valence-corrected chi connectivity index (χ4v) is 1.23. The number of carbonyl (C=O) groups is 3. The average Bonchev–Trinajstić information content (AvgIpc) is 2.47. The van der Waals surface area contributed by atoms with Crippen molar-refractivity contribution in [3.8, 4) is 0 Å². The van der Waals surface area contributed by atoms with E-state index in [2.05, 4.69) is 14.8 Å². The first kappa shape index (κ1) is 22.1.